The average Bonchev–Trinajstić information content (AvgIpc) is 2.85. The van der Waals surface area contributed by atoms with Crippen LogP contribution in [0.3, 0.4) is 0 Å². The van der Waals surface area contributed by atoms with Crippen LogP contribution in [-0.4, -0.2) is 35.4 Å². The third-order valence-electron chi connectivity index (χ3n) is 5.99. The zero-order valence-electron chi connectivity index (χ0n) is 21.3. The van der Waals surface area contributed by atoms with E-state index >= 15 is 0 Å². The highest BCUT2D eigenvalue weighted by molar-refractivity contribution is 6.50. The zero-order valence-corrected chi connectivity index (χ0v) is 21.3. The number of aliphatic imine (C=N–C) groups is 1. The molecule has 4 rings (SSSR count). The van der Waals surface area contributed by atoms with E-state index in [-0.39, 0.29) is 24.5 Å². The van der Waals surface area contributed by atoms with Crippen molar-refractivity contribution in [1.29, 1.82) is 0 Å². The fourth-order valence-electron chi connectivity index (χ4n) is 4.04. The van der Waals surface area contributed by atoms with Gasteiger partial charge in [0.05, 0.1) is 5.69 Å². The number of halogens is 2. The van der Waals surface area contributed by atoms with Crippen molar-refractivity contribution in [3.05, 3.63) is 101 Å². The summed E-state index contributed by atoms with van der Waals surface area (Å²) < 4.78 is 24.4. The lowest BCUT2D eigenvalue weighted by atomic mass is 9.96. The van der Waals surface area contributed by atoms with Crippen LogP contribution in [0.2, 0.25) is 0 Å². The van der Waals surface area contributed by atoms with Gasteiger partial charge in [0.1, 0.15) is 17.3 Å². The molecule has 3 aromatic rings. The number of benzene rings is 3. The topological polar surface area (TPSA) is 75.8 Å². The van der Waals surface area contributed by atoms with E-state index in [1.54, 1.807) is 6.92 Å². The maximum atomic E-state index is 12.8. The lowest BCUT2D eigenvalue weighted by molar-refractivity contribution is -0.133. The number of hydrogen-bond acceptors (Lipinski definition) is 4. The van der Waals surface area contributed by atoms with Crippen molar-refractivity contribution in [3.8, 4) is 0 Å². The van der Waals surface area contributed by atoms with E-state index in [0.717, 1.165) is 35.7 Å². The minimum absolute atomic E-state index is 0.0167. The van der Waals surface area contributed by atoms with Gasteiger partial charge in [-0.2, -0.15) is 0 Å². The molecule has 3 aromatic carbocycles. The summed E-state index contributed by atoms with van der Waals surface area (Å²) in [7, 11) is 0. The Hall–Kier alpha value is -3.71. The van der Waals surface area contributed by atoms with Crippen molar-refractivity contribution in [3.63, 3.8) is 0 Å². The summed E-state index contributed by atoms with van der Waals surface area (Å²) in [5.74, 6) is -1.13. The smallest absolute Gasteiger partial charge is 0.223 e. The highest BCUT2D eigenvalue weighted by Crippen LogP contribution is 2.30. The second-order valence-electron chi connectivity index (χ2n) is 8.98. The number of Topliss-reactive ketones (excluding diaryl/α,β-unsaturated/α-hetero) is 1. The minimum atomic E-state index is -0.521. The van der Waals surface area contributed by atoms with Gasteiger partial charge < -0.3 is 10.6 Å². The number of ketones is 1. The lowest BCUT2D eigenvalue weighted by Gasteiger charge is -2.23. The standard InChI is InChI=1S/C23H27N3O2.C7H6F2/c1-2-17-7-5-8-18(15-17)16-26(14-6-13-24)22(28)12-11-21(27)23-19-9-3-4-10-20(19)25-23;1-5-2-6(8)4-7(9)3-5/h3-5,7-10,15H,2,6,11-14,16,24H2,1H3;2-4H,1H3. The quantitative estimate of drug-likeness (QED) is 0.385. The van der Waals surface area contributed by atoms with Crippen molar-refractivity contribution in [2.75, 3.05) is 13.1 Å². The Labute approximate surface area is 217 Å². The fourth-order valence-corrected chi connectivity index (χ4v) is 4.04. The van der Waals surface area contributed by atoms with Crippen LogP contribution >= 0.6 is 0 Å². The van der Waals surface area contributed by atoms with Crippen LogP contribution in [0.25, 0.3) is 0 Å². The summed E-state index contributed by atoms with van der Waals surface area (Å²) in [6.45, 7) is 5.44. The van der Waals surface area contributed by atoms with Crippen LogP contribution < -0.4 is 5.73 Å². The average molecular weight is 506 g/mol. The van der Waals surface area contributed by atoms with Crippen molar-refractivity contribution < 1.29 is 18.4 Å². The van der Waals surface area contributed by atoms with Gasteiger partial charge >= 0.3 is 0 Å². The van der Waals surface area contributed by atoms with Gasteiger partial charge in [-0.05, 0) is 61.2 Å². The number of carbonyl (C=O) groups is 2. The number of rotatable bonds is 10. The summed E-state index contributed by atoms with van der Waals surface area (Å²) in [6, 6.07) is 19.3. The Morgan fingerprint density at radius 3 is 2.27 bits per heavy atom. The van der Waals surface area contributed by atoms with E-state index in [1.165, 1.54) is 17.7 Å². The maximum absolute atomic E-state index is 12.8. The second-order valence-corrected chi connectivity index (χ2v) is 8.98. The largest absolute Gasteiger partial charge is 0.338 e. The molecule has 2 N–H and O–H groups in total. The first-order chi connectivity index (χ1) is 17.8. The number of carbonyl (C=O) groups excluding carboxylic acids is 2. The van der Waals surface area contributed by atoms with Crippen LogP contribution in [0, 0.1) is 18.6 Å². The van der Waals surface area contributed by atoms with Gasteiger partial charge in [-0.25, -0.2) is 13.8 Å². The molecular weight excluding hydrogens is 472 g/mol. The van der Waals surface area contributed by atoms with Crippen LogP contribution in [0.1, 0.15) is 48.4 Å². The summed E-state index contributed by atoms with van der Waals surface area (Å²) in [6.07, 6.45) is 2.08. The first-order valence-electron chi connectivity index (χ1n) is 12.5. The molecule has 0 radical (unpaired) electrons. The molecule has 0 aliphatic carbocycles. The Morgan fingerprint density at radius 2 is 1.62 bits per heavy atom. The van der Waals surface area contributed by atoms with Crippen molar-refractivity contribution in [2.24, 2.45) is 10.7 Å². The van der Waals surface area contributed by atoms with Gasteiger partial charge in [0.15, 0.2) is 5.78 Å². The van der Waals surface area contributed by atoms with E-state index in [9.17, 15) is 18.4 Å². The first-order valence-corrected chi connectivity index (χ1v) is 12.5. The molecule has 5 nitrogen and oxygen atoms in total. The molecular formula is C30H33F2N3O2. The Morgan fingerprint density at radius 1 is 0.919 bits per heavy atom. The van der Waals surface area contributed by atoms with E-state index in [0.29, 0.717) is 30.9 Å². The number of nitrogens with two attached hydrogens (primary N) is 1. The molecule has 1 aliphatic heterocycles. The molecule has 0 unspecified atom stereocenters. The molecule has 1 heterocycles. The van der Waals surface area contributed by atoms with Gasteiger partial charge in [-0.15, -0.1) is 0 Å². The number of aryl methyl sites for hydroxylation is 2. The molecule has 0 bridgehead atoms. The summed E-state index contributed by atoms with van der Waals surface area (Å²) in [4.78, 5) is 31.3. The zero-order chi connectivity index (χ0) is 26.8. The predicted octanol–water partition coefficient (Wildman–Crippen LogP) is 5.68. The van der Waals surface area contributed by atoms with Crippen molar-refractivity contribution >= 4 is 23.1 Å². The van der Waals surface area contributed by atoms with Crippen molar-refractivity contribution in [1.82, 2.24) is 4.90 Å². The predicted molar refractivity (Wildman–Crippen MR) is 143 cm³/mol. The van der Waals surface area contributed by atoms with Gasteiger partial charge in [-0.3, -0.25) is 9.59 Å². The highest BCUT2D eigenvalue weighted by Gasteiger charge is 2.25. The SMILES string of the molecule is CCc1cccc(CN(CCCN)C(=O)CCC(=O)C2=Nc3ccccc32)c1.Cc1cc(F)cc(F)c1. The van der Waals surface area contributed by atoms with E-state index < -0.39 is 11.6 Å². The number of fused-ring (bicyclic) bond motifs is 1. The molecule has 0 aromatic heterocycles. The van der Waals surface area contributed by atoms with Crippen LogP contribution in [0.4, 0.5) is 14.5 Å². The molecule has 1 amide bonds. The van der Waals surface area contributed by atoms with Gasteiger partial charge in [0.2, 0.25) is 5.91 Å². The third-order valence-corrected chi connectivity index (χ3v) is 5.99. The monoisotopic (exact) mass is 505 g/mol. The number of para-hydroxylation sites is 1. The van der Waals surface area contributed by atoms with Gasteiger partial charge in [-0.1, -0.05) is 49.4 Å². The molecule has 194 valence electrons. The Bertz CT molecular complexity index is 1220. The number of amides is 1. The van der Waals surface area contributed by atoms with Crippen LogP contribution in [0.15, 0.2) is 71.7 Å². The maximum Gasteiger partial charge on any atom is 0.223 e. The molecule has 37 heavy (non-hydrogen) atoms. The highest BCUT2D eigenvalue weighted by atomic mass is 19.1. The number of hydrogen-bond donors (Lipinski definition) is 1. The Balaban J connectivity index is 0.000000356. The van der Waals surface area contributed by atoms with Crippen LogP contribution in [-0.2, 0) is 22.6 Å². The van der Waals surface area contributed by atoms with E-state index in [2.05, 4.69) is 24.0 Å². The minimum Gasteiger partial charge on any atom is -0.338 e. The molecule has 0 fully saturated rings. The molecule has 0 atom stereocenters. The molecule has 7 heteroatoms. The first kappa shape index (κ1) is 27.9. The normalized spacial score (nSPS) is 11.4. The second kappa shape index (κ2) is 13.6. The number of nitrogens with zero attached hydrogens (tertiary/aromatic N) is 2. The van der Waals surface area contributed by atoms with E-state index in [1.807, 2.05) is 41.3 Å². The summed E-state index contributed by atoms with van der Waals surface area (Å²) in [5, 5.41) is 0. The fraction of sp³-hybridized carbons (Fsp3) is 0.300. The molecule has 0 spiro atoms. The van der Waals surface area contributed by atoms with Crippen molar-refractivity contribution in [2.45, 2.75) is 46.1 Å². The van der Waals surface area contributed by atoms with E-state index in [4.69, 9.17) is 5.73 Å². The molecule has 0 saturated carbocycles. The Kier molecular flexibility index (Phi) is 10.2. The van der Waals surface area contributed by atoms with Gasteiger partial charge in [0, 0.05) is 37.6 Å². The molecule has 1 aliphatic rings. The van der Waals surface area contributed by atoms with Crippen LogP contribution in [0.5, 0.6) is 0 Å². The molecule has 0 saturated heterocycles. The van der Waals surface area contributed by atoms with Gasteiger partial charge in [0.25, 0.3) is 0 Å². The summed E-state index contributed by atoms with van der Waals surface area (Å²) in [5.41, 5.74) is 10.8. The third kappa shape index (κ3) is 8.15. The lowest BCUT2D eigenvalue weighted by Crippen LogP contribution is -2.33. The summed E-state index contributed by atoms with van der Waals surface area (Å²) >= 11 is 0.